The highest BCUT2D eigenvalue weighted by Gasteiger charge is 2.24. The van der Waals surface area contributed by atoms with E-state index in [0.717, 1.165) is 136 Å². The molecular weight excluding hydrogens is 1040 g/mol. The fraction of sp³-hybridized carbons (Fsp3) is 0.491. The van der Waals surface area contributed by atoms with Crippen molar-refractivity contribution in [3.63, 3.8) is 0 Å². The Balaban J connectivity index is 0.000000229. The summed E-state index contributed by atoms with van der Waals surface area (Å²) in [6, 6.07) is 14.4. The van der Waals surface area contributed by atoms with Crippen LogP contribution < -0.4 is 5.32 Å². The summed E-state index contributed by atoms with van der Waals surface area (Å²) in [4.78, 5) is 27.4. The molecule has 10 rings (SSSR count). The van der Waals surface area contributed by atoms with Crippen LogP contribution in [0.15, 0.2) is 60.9 Å². The van der Waals surface area contributed by atoms with Crippen molar-refractivity contribution in [1.29, 1.82) is 0 Å². The smallest absolute Gasteiger partial charge is 0.156 e. The molecule has 6 aromatic heterocycles. The van der Waals surface area contributed by atoms with Crippen LogP contribution in [-0.2, 0) is 4.79 Å². The molecule has 8 heterocycles. The van der Waals surface area contributed by atoms with E-state index in [1.165, 1.54) is 12.5 Å². The zero-order valence-corrected chi connectivity index (χ0v) is 48.6. The first kappa shape index (κ1) is 63.1. The number of likely N-dealkylation sites (tertiary alicyclic amines) is 1. The van der Waals surface area contributed by atoms with Crippen LogP contribution in [0.1, 0.15) is 90.7 Å². The number of aryl methyl sites for hydroxylation is 4. The van der Waals surface area contributed by atoms with E-state index < -0.39 is 0 Å². The zero-order valence-electron chi connectivity index (χ0n) is 47.0. The number of aromatic nitrogens is 10. The molecular formula is C57H79Cl2F2N15O2. The molecule has 0 bridgehead atoms. The third kappa shape index (κ3) is 17.1. The van der Waals surface area contributed by atoms with E-state index in [1.807, 2.05) is 110 Å². The van der Waals surface area contributed by atoms with Gasteiger partial charge in [0.15, 0.2) is 11.3 Å². The Bertz CT molecular complexity index is 3190. The molecule has 21 heteroatoms. The highest BCUT2D eigenvalue weighted by atomic mass is 35.5. The van der Waals surface area contributed by atoms with Crippen molar-refractivity contribution in [3.05, 3.63) is 106 Å². The summed E-state index contributed by atoms with van der Waals surface area (Å²) in [5, 5.41) is 39.6. The maximum absolute atomic E-state index is 15.2. The molecule has 2 saturated heterocycles. The average Bonchev–Trinajstić information content (AvgIpc) is 4.01. The number of carbonyl (C=O) groups excluding carboxylic acids is 1. The molecule has 17 nitrogen and oxygen atoms in total. The summed E-state index contributed by atoms with van der Waals surface area (Å²) in [7, 11) is 12.1. The van der Waals surface area contributed by atoms with Crippen molar-refractivity contribution in [2.45, 2.75) is 84.5 Å². The van der Waals surface area contributed by atoms with E-state index in [0.29, 0.717) is 69.2 Å². The van der Waals surface area contributed by atoms with E-state index in [-0.39, 0.29) is 36.4 Å². The standard InChI is InChI=1S/C26H32FN7.C21H21FN6.C5H13NO.C5H11NO.2ClH/c1-17-12-24(31-34-16-18(2)28-26(17)34)20-13-22(27)21-15-23(29-30-25(21)14-20)19-6-10-33(11-7-19)9-5-8-32(3)4;1-12-7-19(27-28-11-13(2)24-21(12)28)15-8-17(22)16-10-18(25-26-20(16)9-15)14-3-5-23-6-4-14;2*1-6(2)4-3-5-7;;/h12-16,19H,5-11H2,1-4H3;7-11,14,23H,3-6H2,1-2H3;7H,3-5H2,1-2H3;5H,3-4H2,1-2H3;2*1H. The summed E-state index contributed by atoms with van der Waals surface area (Å²) < 4.78 is 33.7. The molecule has 0 radical (unpaired) electrons. The minimum absolute atomic E-state index is 0. The fourth-order valence-electron chi connectivity index (χ4n) is 9.58. The molecule has 0 aliphatic carbocycles. The topological polar surface area (TPSA) is 174 Å². The number of aldehydes is 1. The predicted molar refractivity (Wildman–Crippen MR) is 312 cm³/mol. The average molecular weight is 1120 g/mol. The number of nitrogens with zero attached hydrogens (tertiary/aromatic N) is 14. The second kappa shape index (κ2) is 30.0. The summed E-state index contributed by atoms with van der Waals surface area (Å²) in [6.45, 7) is 16.3. The molecule has 8 aromatic rings. The van der Waals surface area contributed by atoms with Crippen LogP contribution in [-0.4, -0.2) is 182 Å². The van der Waals surface area contributed by atoms with Gasteiger partial charge in [0, 0.05) is 53.3 Å². The number of piperidine rings is 2. The summed E-state index contributed by atoms with van der Waals surface area (Å²) in [6.07, 6.45) is 11.5. The summed E-state index contributed by atoms with van der Waals surface area (Å²) in [5.74, 6) is 0.0933. The minimum atomic E-state index is -0.293. The van der Waals surface area contributed by atoms with Crippen molar-refractivity contribution in [3.8, 4) is 22.5 Å². The second-order valence-electron chi connectivity index (χ2n) is 21.0. The Morgan fingerprint density at radius 1 is 0.615 bits per heavy atom. The second-order valence-corrected chi connectivity index (χ2v) is 21.0. The summed E-state index contributed by atoms with van der Waals surface area (Å²) >= 11 is 0. The Morgan fingerprint density at radius 2 is 1.06 bits per heavy atom. The first-order chi connectivity index (χ1) is 36.5. The number of aliphatic hydroxyl groups is 1. The predicted octanol–water partition coefficient (Wildman–Crippen LogP) is 8.70. The number of halogens is 4. The molecule has 0 unspecified atom stereocenters. The fourth-order valence-corrected chi connectivity index (χ4v) is 9.58. The van der Waals surface area contributed by atoms with E-state index in [9.17, 15) is 9.18 Å². The van der Waals surface area contributed by atoms with Gasteiger partial charge in [-0.1, -0.05) is 0 Å². The summed E-state index contributed by atoms with van der Waals surface area (Å²) in [5.41, 5.74) is 11.0. The van der Waals surface area contributed by atoms with Crippen LogP contribution in [0.5, 0.6) is 0 Å². The SMILES string of the molecule is CN(C)CCC=O.CN(C)CCCO.Cc1cn2nc(-c3cc(F)c4cc(C5CCN(CCCN(C)C)CC5)nnc4c3)cc(C)c2n1.Cc1cn2nc(-c3cc(F)c4cc(C5CCNCC5)nnc4c3)cc(C)c2n1.Cl.Cl. The third-order valence-corrected chi connectivity index (χ3v) is 13.7. The lowest BCUT2D eigenvalue weighted by Gasteiger charge is -2.31. The van der Waals surface area contributed by atoms with Gasteiger partial charge in [0.2, 0.25) is 0 Å². The Hall–Kier alpha value is -5.77. The number of hydrogen-bond donors (Lipinski definition) is 2. The molecule has 78 heavy (non-hydrogen) atoms. The van der Waals surface area contributed by atoms with Gasteiger partial charge in [-0.25, -0.2) is 27.8 Å². The number of fused-ring (bicyclic) bond motifs is 4. The van der Waals surface area contributed by atoms with E-state index in [4.69, 9.17) is 5.11 Å². The number of imidazole rings is 2. The number of nitrogens with one attached hydrogen (secondary N) is 1. The molecule has 0 atom stereocenters. The number of aliphatic hydroxyl groups excluding tert-OH is 1. The molecule has 0 spiro atoms. The molecule has 2 N–H and O–H groups in total. The molecule has 2 aromatic carbocycles. The van der Waals surface area contributed by atoms with Crippen LogP contribution >= 0.6 is 24.8 Å². The molecule has 422 valence electrons. The van der Waals surface area contributed by atoms with Crippen molar-refractivity contribution < 1.29 is 18.7 Å². The molecule has 0 saturated carbocycles. The highest BCUT2D eigenvalue weighted by molar-refractivity contribution is 5.86. The normalized spacial score (nSPS) is 14.2. The van der Waals surface area contributed by atoms with Gasteiger partial charge < -0.3 is 34.8 Å². The molecule has 2 fully saturated rings. The maximum Gasteiger partial charge on any atom is 0.156 e. The number of carbonyl (C=O) groups is 1. The largest absolute Gasteiger partial charge is 0.396 e. The monoisotopic (exact) mass is 1110 g/mol. The van der Waals surface area contributed by atoms with Gasteiger partial charge in [0.1, 0.15) is 17.9 Å². The lowest BCUT2D eigenvalue weighted by molar-refractivity contribution is -0.108. The van der Waals surface area contributed by atoms with Gasteiger partial charge in [0.05, 0.1) is 57.6 Å². The zero-order chi connectivity index (χ0) is 54.5. The maximum atomic E-state index is 15.2. The van der Waals surface area contributed by atoms with Crippen LogP contribution in [0.2, 0.25) is 0 Å². The number of rotatable bonds is 14. The van der Waals surface area contributed by atoms with Crippen LogP contribution in [0.25, 0.3) is 55.6 Å². The van der Waals surface area contributed by atoms with Crippen LogP contribution in [0, 0.1) is 39.3 Å². The third-order valence-electron chi connectivity index (χ3n) is 13.7. The van der Waals surface area contributed by atoms with Gasteiger partial charge in [0.25, 0.3) is 0 Å². The van der Waals surface area contributed by atoms with Crippen LogP contribution in [0.3, 0.4) is 0 Å². The van der Waals surface area contributed by atoms with Crippen molar-refractivity contribution in [2.24, 2.45) is 0 Å². The van der Waals surface area contributed by atoms with Crippen molar-refractivity contribution in [2.75, 3.05) is 101 Å². The van der Waals surface area contributed by atoms with Crippen LogP contribution in [0.4, 0.5) is 8.78 Å². The van der Waals surface area contributed by atoms with Gasteiger partial charge in [-0.05, 0) is 214 Å². The Morgan fingerprint density at radius 3 is 1.47 bits per heavy atom. The number of benzene rings is 2. The Labute approximate surface area is 470 Å². The van der Waals surface area contributed by atoms with Gasteiger partial charge in [-0.2, -0.15) is 30.6 Å². The first-order valence-corrected chi connectivity index (χ1v) is 26.5. The van der Waals surface area contributed by atoms with Crippen molar-refractivity contribution >= 4 is 64.2 Å². The molecule has 0 amide bonds. The van der Waals surface area contributed by atoms with Crippen molar-refractivity contribution in [1.82, 2.24) is 74.5 Å². The van der Waals surface area contributed by atoms with Gasteiger partial charge in [-0.3, -0.25) is 0 Å². The minimum Gasteiger partial charge on any atom is -0.396 e. The quantitative estimate of drug-likeness (QED) is 0.0990. The van der Waals surface area contributed by atoms with Gasteiger partial charge in [-0.15, -0.1) is 24.8 Å². The Kier molecular flexibility index (Phi) is 24.2. The van der Waals surface area contributed by atoms with E-state index in [1.54, 1.807) is 15.1 Å². The lowest BCUT2D eigenvalue weighted by Crippen LogP contribution is -2.35. The highest BCUT2D eigenvalue weighted by Crippen LogP contribution is 2.32. The van der Waals surface area contributed by atoms with E-state index >= 15 is 4.39 Å². The first-order valence-electron chi connectivity index (χ1n) is 26.5. The lowest BCUT2D eigenvalue weighted by atomic mass is 9.92. The molecule has 2 aliphatic heterocycles. The molecule has 2 aliphatic rings. The number of hydrogen-bond acceptors (Lipinski definition) is 15. The van der Waals surface area contributed by atoms with E-state index in [2.05, 4.69) is 74.7 Å². The van der Waals surface area contributed by atoms with Gasteiger partial charge >= 0.3 is 0 Å².